The Labute approximate surface area is 131 Å². The van der Waals surface area contributed by atoms with Crippen LogP contribution in [0.4, 0.5) is 5.95 Å². The molecule has 2 heterocycles. The van der Waals surface area contributed by atoms with E-state index in [0.29, 0.717) is 24.0 Å². The summed E-state index contributed by atoms with van der Waals surface area (Å²) in [6.45, 7) is 9.89. The highest BCUT2D eigenvalue weighted by atomic mass is 16.5. The Morgan fingerprint density at radius 3 is 2.64 bits per heavy atom. The first-order chi connectivity index (χ1) is 10.6. The summed E-state index contributed by atoms with van der Waals surface area (Å²) in [6.07, 6.45) is 3.11. The minimum atomic E-state index is -0.135. The molecular weight excluding hydrogens is 282 g/mol. The molecule has 1 aliphatic heterocycles. The summed E-state index contributed by atoms with van der Waals surface area (Å²) >= 11 is 0. The van der Waals surface area contributed by atoms with E-state index in [1.54, 1.807) is 12.4 Å². The number of rotatable bonds is 7. The van der Waals surface area contributed by atoms with Gasteiger partial charge in [0, 0.05) is 45.1 Å². The van der Waals surface area contributed by atoms with Crippen LogP contribution in [0, 0.1) is 5.92 Å². The van der Waals surface area contributed by atoms with Crippen molar-refractivity contribution in [3.05, 3.63) is 18.0 Å². The van der Waals surface area contributed by atoms with Crippen LogP contribution in [0.5, 0.6) is 0 Å². The van der Waals surface area contributed by atoms with Gasteiger partial charge in [-0.25, -0.2) is 9.97 Å². The fourth-order valence-electron chi connectivity index (χ4n) is 2.09. The lowest BCUT2D eigenvalue weighted by Gasteiger charge is -2.26. The summed E-state index contributed by atoms with van der Waals surface area (Å²) in [6, 6.07) is 0. The molecule has 7 heteroatoms. The van der Waals surface area contributed by atoms with E-state index in [-0.39, 0.29) is 5.91 Å². The van der Waals surface area contributed by atoms with Crippen molar-refractivity contribution in [2.45, 2.75) is 13.8 Å². The van der Waals surface area contributed by atoms with Crippen LogP contribution in [-0.4, -0.2) is 66.7 Å². The van der Waals surface area contributed by atoms with Gasteiger partial charge in [-0.3, -0.25) is 9.69 Å². The van der Waals surface area contributed by atoms with Crippen LogP contribution in [0.3, 0.4) is 0 Å². The maximum Gasteiger partial charge on any atom is 0.254 e. The topological polar surface area (TPSA) is 79.4 Å². The highest BCUT2D eigenvalue weighted by Gasteiger charge is 2.11. The van der Waals surface area contributed by atoms with E-state index in [9.17, 15) is 4.79 Å². The van der Waals surface area contributed by atoms with Gasteiger partial charge in [0.15, 0.2) is 0 Å². The van der Waals surface area contributed by atoms with Crippen LogP contribution >= 0.6 is 0 Å². The molecule has 0 radical (unpaired) electrons. The number of nitrogens with zero attached hydrogens (tertiary/aromatic N) is 3. The lowest BCUT2D eigenvalue weighted by atomic mass is 10.2. The molecule has 2 N–H and O–H groups in total. The zero-order valence-electron chi connectivity index (χ0n) is 13.3. The minimum Gasteiger partial charge on any atom is -0.379 e. The van der Waals surface area contributed by atoms with E-state index in [4.69, 9.17) is 4.74 Å². The first-order valence-corrected chi connectivity index (χ1v) is 7.79. The lowest BCUT2D eigenvalue weighted by Crippen LogP contribution is -2.41. The van der Waals surface area contributed by atoms with Crippen molar-refractivity contribution in [1.82, 2.24) is 20.2 Å². The summed E-state index contributed by atoms with van der Waals surface area (Å²) in [5, 5.41) is 6.02. The number of hydrogen-bond donors (Lipinski definition) is 2. The molecular formula is C15H25N5O2. The molecule has 1 saturated heterocycles. The monoisotopic (exact) mass is 307 g/mol. The van der Waals surface area contributed by atoms with Gasteiger partial charge in [0.2, 0.25) is 5.95 Å². The van der Waals surface area contributed by atoms with E-state index in [2.05, 4.69) is 39.3 Å². The van der Waals surface area contributed by atoms with Crippen LogP contribution < -0.4 is 10.6 Å². The Morgan fingerprint density at radius 1 is 1.32 bits per heavy atom. The van der Waals surface area contributed by atoms with Crippen molar-refractivity contribution in [2.24, 2.45) is 5.92 Å². The zero-order chi connectivity index (χ0) is 15.8. The molecule has 122 valence electrons. The molecule has 7 nitrogen and oxygen atoms in total. The second-order valence-corrected chi connectivity index (χ2v) is 5.78. The number of nitrogens with one attached hydrogen (secondary N) is 2. The highest BCUT2D eigenvalue weighted by Crippen LogP contribution is 2.02. The van der Waals surface area contributed by atoms with Gasteiger partial charge in [-0.05, 0) is 5.92 Å². The Bertz CT molecular complexity index is 458. The van der Waals surface area contributed by atoms with E-state index >= 15 is 0 Å². The van der Waals surface area contributed by atoms with Gasteiger partial charge in [0.25, 0.3) is 5.91 Å². The minimum absolute atomic E-state index is 0.135. The largest absolute Gasteiger partial charge is 0.379 e. The van der Waals surface area contributed by atoms with E-state index in [1.807, 2.05) is 0 Å². The van der Waals surface area contributed by atoms with Crippen LogP contribution in [0.25, 0.3) is 0 Å². The number of anilines is 1. The number of amides is 1. The second kappa shape index (κ2) is 8.65. The molecule has 0 atom stereocenters. The Morgan fingerprint density at radius 2 is 2.00 bits per heavy atom. The van der Waals surface area contributed by atoms with Crippen molar-refractivity contribution < 1.29 is 9.53 Å². The average molecular weight is 307 g/mol. The third-order valence-electron chi connectivity index (χ3n) is 3.40. The first-order valence-electron chi connectivity index (χ1n) is 7.79. The number of morpholine rings is 1. The standard InChI is InChI=1S/C15H25N5O2/c1-12(2)9-17-15-18-10-13(11-19-15)14(21)16-3-4-20-5-7-22-8-6-20/h10-12H,3-9H2,1-2H3,(H,16,21)(H,17,18,19). The highest BCUT2D eigenvalue weighted by molar-refractivity contribution is 5.93. The predicted molar refractivity (Wildman–Crippen MR) is 85.0 cm³/mol. The van der Waals surface area contributed by atoms with Gasteiger partial charge < -0.3 is 15.4 Å². The van der Waals surface area contributed by atoms with Gasteiger partial charge in [0.05, 0.1) is 18.8 Å². The summed E-state index contributed by atoms with van der Waals surface area (Å²) in [4.78, 5) is 22.6. The summed E-state index contributed by atoms with van der Waals surface area (Å²) in [7, 11) is 0. The molecule has 0 spiro atoms. The number of ether oxygens (including phenoxy) is 1. The Kier molecular flexibility index (Phi) is 6.54. The fourth-order valence-corrected chi connectivity index (χ4v) is 2.09. The van der Waals surface area contributed by atoms with E-state index in [0.717, 1.165) is 39.4 Å². The number of carbonyl (C=O) groups excluding carboxylic acids is 1. The SMILES string of the molecule is CC(C)CNc1ncc(C(=O)NCCN2CCOCC2)cn1. The predicted octanol–water partition coefficient (Wildman–Crippen LogP) is 0.607. The smallest absolute Gasteiger partial charge is 0.254 e. The van der Waals surface area contributed by atoms with Gasteiger partial charge in [-0.15, -0.1) is 0 Å². The fraction of sp³-hybridized carbons (Fsp3) is 0.667. The molecule has 1 aromatic heterocycles. The number of carbonyl (C=O) groups is 1. The molecule has 0 bridgehead atoms. The summed E-state index contributed by atoms with van der Waals surface area (Å²) in [5.41, 5.74) is 0.483. The quantitative estimate of drug-likeness (QED) is 0.768. The Hall–Kier alpha value is -1.73. The molecule has 1 amide bonds. The molecule has 0 saturated carbocycles. The molecule has 0 aromatic carbocycles. The summed E-state index contributed by atoms with van der Waals surface area (Å²) in [5.74, 6) is 0.939. The first kappa shape index (κ1) is 16.6. The summed E-state index contributed by atoms with van der Waals surface area (Å²) < 4.78 is 5.29. The van der Waals surface area contributed by atoms with Crippen molar-refractivity contribution in [3.8, 4) is 0 Å². The zero-order valence-corrected chi connectivity index (χ0v) is 13.3. The molecule has 1 fully saturated rings. The van der Waals surface area contributed by atoms with Gasteiger partial charge >= 0.3 is 0 Å². The lowest BCUT2D eigenvalue weighted by molar-refractivity contribution is 0.0383. The van der Waals surface area contributed by atoms with Crippen LogP contribution in [0.2, 0.25) is 0 Å². The van der Waals surface area contributed by atoms with E-state index in [1.165, 1.54) is 0 Å². The maximum absolute atomic E-state index is 12.0. The molecule has 0 unspecified atom stereocenters. The van der Waals surface area contributed by atoms with Crippen LogP contribution in [-0.2, 0) is 4.74 Å². The third-order valence-corrected chi connectivity index (χ3v) is 3.40. The van der Waals surface area contributed by atoms with E-state index < -0.39 is 0 Å². The molecule has 1 aromatic rings. The van der Waals surface area contributed by atoms with Crippen molar-refractivity contribution in [1.29, 1.82) is 0 Å². The van der Waals surface area contributed by atoms with Crippen molar-refractivity contribution in [3.63, 3.8) is 0 Å². The van der Waals surface area contributed by atoms with Gasteiger partial charge in [-0.2, -0.15) is 0 Å². The second-order valence-electron chi connectivity index (χ2n) is 5.78. The molecule has 0 aliphatic carbocycles. The number of hydrogen-bond acceptors (Lipinski definition) is 6. The van der Waals surface area contributed by atoms with Gasteiger partial charge in [-0.1, -0.05) is 13.8 Å². The van der Waals surface area contributed by atoms with Crippen molar-refractivity contribution >= 4 is 11.9 Å². The maximum atomic E-state index is 12.0. The van der Waals surface area contributed by atoms with Crippen LogP contribution in [0.1, 0.15) is 24.2 Å². The van der Waals surface area contributed by atoms with Crippen molar-refractivity contribution in [2.75, 3.05) is 51.3 Å². The molecule has 22 heavy (non-hydrogen) atoms. The molecule has 2 rings (SSSR count). The average Bonchev–Trinajstić information content (AvgIpc) is 2.54. The molecule has 1 aliphatic rings. The third kappa shape index (κ3) is 5.57. The Balaban J connectivity index is 1.72. The number of aromatic nitrogens is 2. The normalized spacial score (nSPS) is 15.8. The van der Waals surface area contributed by atoms with Crippen LogP contribution in [0.15, 0.2) is 12.4 Å². The van der Waals surface area contributed by atoms with Gasteiger partial charge in [0.1, 0.15) is 0 Å².